The molecule has 2 aromatic heterocycles. The molecule has 246 valence electrons. The minimum Gasteiger partial charge on any atom is -0.310 e. The lowest BCUT2D eigenvalue weighted by Gasteiger charge is -2.39. The van der Waals surface area contributed by atoms with Crippen molar-refractivity contribution in [3.05, 3.63) is 181 Å². The van der Waals surface area contributed by atoms with E-state index in [1.165, 1.54) is 102 Å². The van der Waals surface area contributed by atoms with Crippen molar-refractivity contribution in [3.63, 3.8) is 0 Å². The maximum Gasteiger partial charge on any atom is 0.0542 e. The summed E-state index contributed by atoms with van der Waals surface area (Å²) in [6.07, 6.45) is 6.26. The molecular weight excluding hydrogens is 637 g/mol. The third kappa shape index (κ3) is 4.99. The Kier molecular flexibility index (Phi) is 7.28. The van der Waals surface area contributed by atoms with E-state index in [0.29, 0.717) is 0 Å². The number of hydrogen-bond acceptors (Lipinski definition) is 2. The van der Waals surface area contributed by atoms with Crippen LogP contribution in [0, 0.1) is 0 Å². The molecule has 0 atom stereocenters. The minimum absolute atomic E-state index is 0.0650. The number of thiophene rings is 1. The first-order valence-electron chi connectivity index (χ1n) is 18.2. The van der Waals surface area contributed by atoms with E-state index in [1.807, 2.05) is 11.3 Å². The van der Waals surface area contributed by atoms with E-state index in [9.17, 15) is 0 Å². The summed E-state index contributed by atoms with van der Waals surface area (Å²) in [6, 6.07) is 63.1. The van der Waals surface area contributed by atoms with Crippen molar-refractivity contribution < 1.29 is 0 Å². The van der Waals surface area contributed by atoms with Gasteiger partial charge >= 0.3 is 0 Å². The van der Waals surface area contributed by atoms with Gasteiger partial charge in [-0.15, -0.1) is 11.3 Å². The molecule has 0 bridgehead atoms. The largest absolute Gasteiger partial charge is 0.310 e. The number of anilines is 3. The lowest BCUT2D eigenvalue weighted by Crippen LogP contribution is -2.30. The van der Waals surface area contributed by atoms with Crippen LogP contribution in [0.25, 0.3) is 47.7 Å². The smallest absolute Gasteiger partial charge is 0.0542 e. The van der Waals surface area contributed by atoms with Crippen molar-refractivity contribution in [1.82, 2.24) is 4.57 Å². The fourth-order valence-electron chi connectivity index (χ4n) is 8.84. The van der Waals surface area contributed by atoms with Crippen molar-refractivity contribution in [2.45, 2.75) is 37.5 Å². The van der Waals surface area contributed by atoms with Gasteiger partial charge in [0, 0.05) is 59.1 Å². The molecule has 10 rings (SSSR count). The van der Waals surface area contributed by atoms with Gasteiger partial charge in [0.15, 0.2) is 0 Å². The standard InChI is InChI=1S/C48H38N2S/c1-4-14-34(15-5-1)48(30-12-3-13-31-48)35-22-24-37(25-23-35)49(39-27-29-47-43(33-39)41-19-9-11-21-46(41)51-47)38-26-28-45-42(32-38)40-18-8-10-20-44(40)50(45)36-16-6-2-7-17-36/h1-2,4-11,14-29,32-33H,3,12-13,30-31H2. The molecule has 1 aliphatic carbocycles. The third-order valence-electron chi connectivity index (χ3n) is 11.3. The second kappa shape index (κ2) is 12.3. The summed E-state index contributed by atoms with van der Waals surface area (Å²) in [5.74, 6) is 0. The maximum atomic E-state index is 2.46. The molecule has 0 spiro atoms. The topological polar surface area (TPSA) is 8.17 Å². The molecule has 0 aliphatic heterocycles. The van der Waals surface area contributed by atoms with Gasteiger partial charge in [0.05, 0.1) is 11.0 Å². The molecule has 2 heterocycles. The lowest BCUT2D eigenvalue weighted by atomic mass is 9.65. The van der Waals surface area contributed by atoms with Gasteiger partial charge in [0.25, 0.3) is 0 Å². The van der Waals surface area contributed by atoms with E-state index in [1.54, 1.807) is 0 Å². The van der Waals surface area contributed by atoms with Crippen molar-refractivity contribution in [2.75, 3.05) is 4.90 Å². The molecule has 51 heavy (non-hydrogen) atoms. The van der Waals surface area contributed by atoms with Gasteiger partial charge in [-0.3, -0.25) is 0 Å². The summed E-state index contributed by atoms with van der Waals surface area (Å²) in [7, 11) is 0. The highest BCUT2D eigenvalue weighted by Crippen LogP contribution is 2.47. The Balaban J connectivity index is 1.17. The number of para-hydroxylation sites is 2. The first-order valence-corrected chi connectivity index (χ1v) is 19.0. The fourth-order valence-corrected chi connectivity index (χ4v) is 9.93. The molecule has 1 saturated carbocycles. The zero-order chi connectivity index (χ0) is 33.8. The molecule has 3 heteroatoms. The molecule has 7 aromatic carbocycles. The quantitative estimate of drug-likeness (QED) is 0.170. The zero-order valence-electron chi connectivity index (χ0n) is 28.5. The Hall–Kier alpha value is -5.64. The zero-order valence-corrected chi connectivity index (χ0v) is 29.3. The van der Waals surface area contributed by atoms with Crippen LogP contribution in [0.4, 0.5) is 17.1 Å². The predicted octanol–water partition coefficient (Wildman–Crippen LogP) is 13.9. The predicted molar refractivity (Wildman–Crippen MR) is 219 cm³/mol. The van der Waals surface area contributed by atoms with E-state index in [-0.39, 0.29) is 5.41 Å². The van der Waals surface area contributed by atoms with Crippen LogP contribution in [0.1, 0.15) is 43.2 Å². The lowest BCUT2D eigenvalue weighted by molar-refractivity contribution is 0.346. The summed E-state index contributed by atoms with van der Waals surface area (Å²) in [4.78, 5) is 2.46. The number of nitrogens with zero attached hydrogens (tertiary/aromatic N) is 2. The minimum atomic E-state index is 0.0650. The Morgan fingerprint density at radius 2 is 1.00 bits per heavy atom. The van der Waals surface area contributed by atoms with Crippen molar-refractivity contribution in [3.8, 4) is 5.69 Å². The summed E-state index contributed by atoms with van der Waals surface area (Å²) in [5.41, 5.74) is 10.0. The summed E-state index contributed by atoms with van der Waals surface area (Å²) in [6.45, 7) is 0. The van der Waals surface area contributed by atoms with E-state index >= 15 is 0 Å². The van der Waals surface area contributed by atoms with Crippen LogP contribution in [0.2, 0.25) is 0 Å². The Labute approximate surface area is 302 Å². The van der Waals surface area contributed by atoms with Crippen LogP contribution in [0.5, 0.6) is 0 Å². The maximum absolute atomic E-state index is 2.46. The van der Waals surface area contributed by atoms with E-state index in [2.05, 4.69) is 179 Å². The monoisotopic (exact) mass is 674 g/mol. The van der Waals surface area contributed by atoms with Crippen molar-refractivity contribution >= 4 is 70.4 Å². The Bertz CT molecular complexity index is 2660. The Morgan fingerprint density at radius 1 is 0.431 bits per heavy atom. The van der Waals surface area contributed by atoms with E-state index < -0.39 is 0 Å². The van der Waals surface area contributed by atoms with Crippen LogP contribution in [-0.2, 0) is 5.41 Å². The summed E-state index contributed by atoms with van der Waals surface area (Å²) in [5, 5.41) is 5.13. The summed E-state index contributed by atoms with van der Waals surface area (Å²) < 4.78 is 5.04. The number of benzene rings is 7. The number of rotatable bonds is 6. The van der Waals surface area contributed by atoms with Gasteiger partial charge < -0.3 is 9.47 Å². The molecule has 0 amide bonds. The van der Waals surface area contributed by atoms with Crippen LogP contribution in [0.15, 0.2) is 170 Å². The van der Waals surface area contributed by atoms with Gasteiger partial charge in [-0.05, 0) is 96.8 Å². The molecule has 2 nitrogen and oxygen atoms in total. The SMILES string of the molecule is c1ccc(-n2c3ccccc3c3cc(N(c4ccc(C5(c6ccccc6)CCCCC5)cc4)c4ccc5sc6ccccc6c5c4)ccc32)cc1. The average Bonchev–Trinajstić information content (AvgIpc) is 3.74. The Morgan fingerprint density at radius 3 is 1.78 bits per heavy atom. The van der Waals surface area contributed by atoms with Gasteiger partial charge in [-0.2, -0.15) is 0 Å². The molecule has 0 saturated heterocycles. The summed E-state index contributed by atoms with van der Waals surface area (Å²) >= 11 is 1.87. The highest BCUT2D eigenvalue weighted by Gasteiger charge is 2.35. The first kappa shape index (κ1) is 30.2. The third-order valence-corrected chi connectivity index (χ3v) is 12.4. The normalized spacial score (nSPS) is 14.4. The highest BCUT2D eigenvalue weighted by molar-refractivity contribution is 7.25. The second-order valence-electron chi connectivity index (χ2n) is 14.1. The van der Waals surface area contributed by atoms with Crippen molar-refractivity contribution in [2.24, 2.45) is 0 Å². The van der Waals surface area contributed by atoms with Crippen molar-refractivity contribution in [1.29, 1.82) is 0 Å². The molecular formula is C48H38N2S. The van der Waals surface area contributed by atoms with Crippen LogP contribution < -0.4 is 4.90 Å². The van der Waals surface area contributed by atoms with E-state index in [4.69, 9.17) is 0 Å². The van der Waals surface area contributed by atoms with Gasteiger partial charge in [0.2, 0.25) is 0 Å². The molecule has 9 aromatic rings. The number of fused-ring (bicyclic) bond motifs is 6. The number of aromatic nitrogens is 1. The fraction of sp³-hybridized carbons (Fsp3) is 0.125. The molecule has 0 N–H and O–H groups in total. The first-order chi connectivity index (χ1) is 25.3. The molecule has 1 aliphatic rings. The van der Waals surface area contributed by atoms with Gasteiger partial charge in [-0.1, -0.05) is 116 Å². The van der Waals surface area contributed by atoms with Crippen LogP contribution in [0.3, 0.4) is 0 Å². The van der Waals surface area contributed by atoms with Gasteiger partial charge in [0.1, 0.15) is 0 Å². The average molecular weight is 675 g/mol. The molecule has 1 fully saturated rings. The second-order valence-corrected chi connectivity index (χ2v) is 15.1. The van der Waals surface area contributed by atoms with E-state index in [0.717, 1.165) is 5.69 Å². The van der Waals surface area contributed by atoms with Gasteiger partial charge in [-0.25, -0.2) is 0 Å². The van der Waals surface area contributed by atoms with Crippen LogP contribution in [-0.4, -0.2) is 4.57 Å². The number of hydrogen-bond donors (Lipinski definition) is 0. The van der Waals surface area contributed by atoms with Crippen LogP contribution >= 0.6 is 11.3 Å². The molecule has 0 unspecified atom stereocenters. The highest BCUT2D eigenvalue weighted by atomic mass is 32.1. The molecule has 0 radical (unpaired) electrons.